The first-order chi connectivity index (χ1) is 8.33. The Balaban J connectivity index is 1.91. The van der Waals surface area contributed by atoms with Gasteiger partial charge >= 0.3 is 0 Å². The van der Waals surface area contributed by atoms with Gasteiger partial charge in [-0.1, -0.05) is 0 Å². The summed E-state index contributed by atoms with van der Waals surface area (Å²) in [5, 5.41) is 7.39. The lowest BCUT2D eigenvalue weighted by Crippen LogP contribution is -2.06. The smallest absolute Gasteiger partial charge is 0.254 e. The van der Waals surface area contributed by atoms with Crippen LogP contribution in [-0.4, -0.2) is 19.6 Å². The van der Waals surface area contributed by atoms with Gasteiger partial charge in [0.05, 0.1) is 12.5 Å². The van der Waals surface area contributed by atoms with Crippen molar-refractivity contribution in [2.45, 2.75) is 13.5 Å². The summed E-state index contributed by atoms with van der Waals surface area (Å²) in [4.78, 5) is 8.34. The van der Waals surface area contributed by atoms with Crippen molar-refractivity contribution in [2.75, 3.05) is 5.32 Å². The van der Waals surface area contributed by atoms with Gasteiger partial charge in [-0.25, -0.2) is 4.98 Å². The molecule has 0 bridgehead atoms. The summed E-state index contributed by atoms with van der Waals surface area (Å²) in [7, 11) is 0. The predicted octanol–water partition coefficient (Wildman–Crippen LogP) is 1.64. The zero-order valence-electron chi connectivity index (χ0n) is 9.29. The minimum Gasteiger partial charge on any atom is -0.472 e. The first kappa shape index (κ1) is 9.83. The van der Waals surface area contributed by atoms with Crippen LogP contribution in [0, 0.1) is 6.92 Å². The van der Waals surface area contributed by atoms with Gasteiger partial charge in [-0.15, -0.1) is 0 Å². The van der Waals surface area contributed by atoms with Gasteiger partial charge in [0.2, 0.25) is 0 Å². The molecule has 3 aromatic heterocycles. The van der Waals surface area contributed by atoms with E-state index in [-0.39, 0.29) is 0 Å². The van der Waals surface area contributed by atoms with E-state index < -0.39 is 0 Å². The first-order valence-electron chi connectivity index (χ1n) is 5.25. The second-order valence-corrected chi connectivity index (χ2v) is 3.74. The van der Waals surface area contributed by atoms with Gasteiger partial charge < -0.3 is 9.73 Å². The average Bonchev–Trinajstić information content (AvgIpc) is 2.95. The summed E-state index contributed by atoms with van der Waals surface area (Å²) >= 11 is 0. The first-order valence-corrected chi connectivity index (χ1v) is 5.25. The maximum absolute atomic E-state index is 5.01. The molecule has 0 spiro atoms. The third kappa shape index (κ3) is 1.84. The Bertz CT molecular complexity index is 628. The highest BCUT2D eigenvalue weighted by molar-refractivity contribution is 5.44. The summed E-state index contributed by atoms with van der Waals surface area (Å²) in [5.41, 5.74) is 1.98. The molecular formula is C11H11N5O. The van der Waals surface area contributed by atoms with Crippen LogP contribution in [0.4, 0.5) is 5.82 Å². The lowest BCUT2D eigenvalue weighted by molar-refractivity contribution is 0.564. The molecule has 0 saturated carbocycles. The molecule has 0 fully saturated rings. The standard InChI is InChI=1S/C11H11N5O/c1-8-4-10(12-5-9-2-3-17-6-9)16-11(15-8)13-7-14-16/h2-4,6-7,12H,5H2,1H3. The Kier molecular flexibility index (Phi) is 2.25. The number of aryl methyl sites for hydroxylation is 1. The lowest BCUT2D eigenvalue weighted by Gasteiger charge is -2.07. The molecule has 0 atom stereocenters. The van der Waals surface area contributed by atoms with E-state index in [0.29, 0.717) is 12.3 Å². The molecule has 0 aliphatic heterocycles. The molecule has 0 aliphatic rings. The maximum atomic E-state index is 5.01. The average molecular weight is 229 g/mol. The SMILES string of the molecule is Cc1cc(NCc2ccoc2)n2ncnc2n1. The quantitative estimate of drug-likeness (QED) is 0.739. The van der Waals surface area contributed by atoms with Crippen molar-refractivity contribution >= 4 is 11.6 Å². The summed E-state index contributed by atoms with van der Waals surface area (Å²) in [6.45, 7) is 2.60. The number of hydrogen-bond donors (Lipinski definition) is 1. The number of anilines is 1. The highest BCUT2D eigenvalue weighted by atomic mass is 16.3. The van der Waals surface area contributed by atoms with Crippen molar-refractivity contribution in [3.63, 3.8) is 0 Å². The van der Waals surface area contributed by atoms with E-state index in [1.807, 2.05) is 19.1 Å². The zero-order valence-corrected chi connectivity index (χ0v) is 9.29. The molecule has 0 aliphatic carbocycles. The molecule has 6 heteroatoms. The highest BCUT2D eigenvalue weighted by Crippen LogP contribution is 2.11. The fourth-order valence-corrected chi connectivity index (χ4v) is 1.64. The Morgan fingerprint density at radius 1 is 1.47 bits per heavy atom. The summed E-state index contributed by atoms with van der Waals surface area (Å²) in [6, 6.07) is 3.85. The third-order valence-electron chi connectivity index (χ3n) is 2.43. The molecule has 3 rings (SSSR count). The Morgan fingerprint density at radius 3 is 3.24 bits per heavy atom. The Labute approximate surface area is 97.3 Å². The number of nitrogens with one attached hydrogen (secondary N) is 1. The van der Waals surface area contributed by atoms with E-state index in [4.69, 9.17) is 4.42 Å². The van der Waals surface area contributed by atoms with Crippen molar-refractivity contribution in [1.29, 1.82) is 0 Å². The molecule has 0 radical (unpaired) electrons. The van der Waals surface area contributed by atoms with Crippen LogP contribution in [-0.2, 0) is 6.54 Å². The van der Waals surface area contributed by atoms with Crippen molar-refractivity contribution in [1.82, 2.24) is 19.6 Å². The molecule has 17 heavy (non-hydrogen) atoms. The van der Waals surface area contributed by atoms with Gasteiger partial charge in [0.1, 0.15) is 12.1 Å². The van der Waals surface area contributed by atoms with Crippen LogP contribution in [0.5, 0.6) is 0 Å². The van der Waals surface area contributed by atoms with Gasteiger partial charge in [-0.05, 0) is 13.0 Å². The van der Waals surface area contributed by atoms with E-state index in [1.54, 1.807) is 17.0 Å². The number of nitrogens with zero attached hydrogens (tertiary/aromatic N) is 4. The highest BCUT2D eigenvalue weighted by Gasteiger charge is 2.05. The molecule has 3 aromatic rings. The summed E-state index contributed by atoms with van der Waals surface area (Å²) in [6.07, 6.45) is 4.85. The second-order valence-electron chi connectivity index (χ2n) is 3.74. The van der Waals surface area contributed by atoms with Crippen molar-refractivity contribution in [2.24, 2.45) is 0 Å². The fourth-order valence-electron chi connectivity index (χ4n) is 1.64. The summed E-state index contributed by atoms with van der Waals surface area (Å²) < 4.78 is 6.69. The van der Waals surface area contributed by atoms with Gasteiger partial charge in [-0.3, -0.25) is 0 Å². The maximum Gasteiger partial charge on any atom is 0.254 e. The minimum atomic E-state index is 0.597. The number of furan rings is 1. The van der Waals surface area contributed by atoms with Crippen LogP contribution >= 0.6 is 0 Å². The van der Waals surface area contributed by atoms with E-state index in [2.05, 4.69) is 20.4 Å². The van der Waals surface area contributed by atoms with E-state index in [0.717, 1.165) is 17.1 Å². The fraction of sp³-hybridized carbons (Fsp3) is 0.182. The van der Waals surface area contributed by atoms with E-state index in [1.165, 1.54) is 6.33 Å². The number of aromatic nitrogens is 4. The van der Waals surface area contributed by atoms with Crippen LogP contribution in [0.1, 0.15) is 11.3 Å². The van der Waals surface area contributed by atoms with Crippen LogP contribution in [0.25, 0.3) is 5.78 Å². The largest absolute Gasteiger partial charge is 0.472 e. The number of rotatable bonds is 3. The molecule has 6 nitrogen and oxygen atoms in total. The second kappa shape index (κ2) is 3.89. The summed E-state index contributed by atoms with van der Waals surface area (Å²) in [5.74, 6) is 1.46. The van der Waals surface area contributed by atoms with Crippen LogP contribution < -0.4 is 5.32 Å². The molecule has 3 heterocycles. The van der Waals surface area contributed by atoms with Crippen molar-refractivity contribution in [3.05, 3.63) is 42.2 Å². The van der Waals surface area contributed by atoms with Crippen molar-refractivity contribution < 1.29 is 4.42 Å². The van der Waals surface area contributed by atoms with Crippen LogP contribution in [0.2, 0.25) is 0 Å². The molecular weight excluding hydrogens is 218 g/mol. The molecule has 0 saturated heterocycles. The minimum absolute atomic E-state index is 0.597. The predicted molar refractivity (Wildman–Crippen MR) is 61.6 cm³/mol. The number of fused-ring (bicyclic) bond motifs is 1. The zero-order chi connectivity index (χ0) is 11.7. The van der Waals surface area contributed by atoms with Crippen LogP contribution in [0.15, 0.2) is 35.4 Å². The Hall–Kier alpha value is -2.37. The molecule has 0 amide bonds. The van der Waals surface area contributed by atoms with Gasteiger partial charge in [-0.2, -0.15) is 14.6 Å². The van der Waals surface area contributed by atoms with Crippen LogP contribution in [0.3, 0.4) is 0 Å². The molecule has 0 unspecified atom stereocenters. The Morgan fingerprint density at radius 2 is 2.41 bits per heavy atom. The molecule has 86 valence electrons. The number of hydrogen-bond acceptors (Lipinski definition) is 5. The molecule has 1 N–H and O–H groups in total. The monoisotopic (exact) mass is 229 g/mol. The van der Waals surface area contributed by atoms with Crippen molar-refractivity contribution in [3.8, 4) is 0 Å². The third-order valence-corrected chi connectivity index (χ3v) is 2.43. The lowest BCUT2D eigenvalue weighted by atomic mass is 10.3. The van der Waals surface area contributed by atoms with E-state index >= 15 is 0 Å². The topological polar surface area (TPSA) is 68.2 Å². The van der Waals surface area contributed by atoms with E-state index in [9.17, 15) is 0 Å². The van der Waals surface area contributed by atoms with Gasteiger partial charge in [0.25, 0.3) is 5.78 Å². The molecule has 0 aromatic carbocycles. The van der Waals surface area contributed by atoms with Gasteiger partial charge in [0.15, 0.2) is 0 Å². The van der Waals surface area contributed by atoms with Gasteiger partial charge in [0, 0.05) is 23.9 Å². The normalized spacial score (nSPS) is 10.9.